The van der Waals surface area contributed by atoms with Gasteiger partial charge in [0.25, 0.3) is 0 Å². The van der Waals surface area contributed by atoms with Crippen LogP contribution in [0, 0.1) is 5.92 Å². The van der Waals surface area contributed by atoms with Crippen molar-refractivity contribution in [1.82, 2.24) is 0 Å². The molecule has 0 saturated heterocycles. The number of hydrogen-bond acceptors (Lipinski definition) is 0. The summed E-state index contributed by atoms with van der Waals surface area (Å²) >= 11 is 0. The molecular weight excluding hydrogens is 141 g/mol. The Hall–Kier alpha value is 0.290. The van der Waals surface area contributed by atoms with E-state index in [1.165, 1.54) is 0 Å². The van der Waals surface area contributed by atoms with Crippen LogP contribution in [0.25, 0.3) is 0 Å². The minimum absolute atomic E-state index is 0.200. The van der Waals surface area contributed by atoms with Crippen LogP contribution in [-0.2, 0) is 0 Å². The first-order valence-electron chi connectivity index (χ1n) is 3.27. The summed E-state index contributed by atoms with van der Waals surface area (Å²) in [7, 11) is -4.11. The first kappa shape index (κ1) is 7.40. The van der Waals surface area contributed by atoms with Gasteiger partial charge in [0.05, 0.1) is 0 Å². The Morgan fingerprint density at radius 3 is 1.89 bits per heavy atom. The van der Waals surface area contributed by atoms with Crippen molar-refractivity contribution in [3.63, 3.8) is 0 Å². The van der Waals surface area contributed by atoms with E-state index in [1.54, 1.807) is 0 Å². The van der Waals surface area contributed by atoms with Crippen LogP contribution in [-0.4, -0.2) is 19.5 Å². The summed E-state index contributed by atoms with van der Waals surface area (Å²) in [5.41, 5.74) is 0. The van der Waals surface area contributed by atoms with Gasteiger partial charge in [-0.05, 0) is 0 Å². The van der Waals surface area contributed by atoms with Gasteiger partial charge >= 0.3 is 53.9 Å². The molecule has 0 amide bonds. The third-order valence-electron chi connectivity index (χ3n) is 1.46. The summed E-state index contributed by atoms with van der Waals surface area (Å²) in [6.45, 7) is 2.29. The third kappa shape index (κ3) is 3.80. The topological polar surface area (TPSA) is 0 Å². The number of hydrogen-bond donors (Lipinski definition) is 0. The fourth-order valence-corrected chi connectivity index (χ4v) is 2.80. The van der Waals surface area contributed by atoms with E-state index in [0.717, 1.165) is 26.2 Å². The zero-order valence-corrected chi connectivity index (χ0v) is 6.80. The van der Waals surface area contributed by atoms with Crippen molar-refractivity contribution >= 4 is 7.22 Å². The molecule has 0 N–H and O–H groups in total. The van der Waals surface area contributed by atoms with Crippen molar-refractivity contribution in [3.8, 4) is 0 Å². The van der Waals surface area contributed by atoms with E-state index < -0.39 is 7.22 Å². The summed E-state index contributed by atoms with van der Waals surface area (Å²) in [5.74, 6) is 0.368. The van der Waals surface area contributed by atoms with Crippen LogP contribution in [0.3, 0.4) is 0 Å². The van der Waals surface area contributed by atoms with E-state index in [9.17, 15) is 8.39 Å². The van der Waals surface area contributed by atoms with Gasteiger partial charge in [-0.3, -0.25) is 0 Å². The molecule has 9 heavy (non-hydrogen) atoms. The Kier molecular flexibility index (Phi) is 1.36. The summed E-state index contributed by atoms with van der Waals surface area (Å²) in [6.07, 6.45) is 2.27. The van der Waals surface area contributed by atoms with Gasteiger partial charge in [-0.1, -0.05) is 0 Å². The first-order valence-corrected chi connectivity index (χ1v) is 6.37. The van der Waals surface area contributed by atoms with Crippen molar-refractivity contribution in [1.29, 1.82) is 0 Å². The van der Waals surface area contributed by atoms with Gasteiger partial charge in [0.15, 0.2) is 0 Å². The van der Waals surface area contributed by atoms with Crippen molar-refractivity contribution in [2.24, 2.45) is 5.92 Å². The van der Waals surface area contributed by atoms with Crippen molar-refractivity contribution in [3.05, 3.63) is 0 Å². The summed E-state index contributed by atoms with van der Waals surface area (Å²) in [6, 6.07) is 0. The fraction of sp³-hybridized carbons (Fsp3) is 1.00. The number of halogens is 2. The second-order valence-corrected chi connectivity index (χ2v) is 8.17. The average Bonchev–Trinajstić information content (AvgIpc) is 2.08. The van der Waals surface area contributed by atoms with E-state index >= 15 is 0 Å². The van der Waals surface area contributed by atoms with Crippen LogP contribution in [0.2, 0.25) is 0 Å². The van der Waals surface area contributed by atoms with Gasteiger partial charge in [-0.25, -0.2) is 0 Å². The second-order valence-electron chi connectivity index (χ2n) is 3.68. The zero-order valence-electron chi connectivity index (χ0n) is 5.90. The maximum atomic E-state index is 12.8. The van der Waals surface area contributed by atoms with Crippen molar-refractivity contribution in [2.45, 2.75) is 12.8 Å². The van der Waals surface area contributed by atoms with Gasteiger partial charge < -0.3 is 0 Å². The Bertz CT molecular complexity index is 112. The predicted molar refractivity (Wildman–Crippen MR) is 38.6 cm³/mol. The molecule has 0 radical (unpaired) electrons. The Morgan fingerprint density at radius 1 is 1.33 bits per heavy atom. The Labute approximate surface area is 54.8 Å². The molecule has 0 unspecified atom stereocenters. The van der Waals surface area contributed by atoms with Crippen molar-refractivity contribution < 1.29 is 8.39 Å². The third-order valence-corrected chi connectivity index (χ3v) is 2.98. The zero-order chi connectivity index (χ0) is 7.15. The quantitative estimate of drug-likeness (QED) is 0.536. The molecule has 1 aliphatic carbocycles. The van der Waals surface area contributed by atoms with E-state index in [-0.39, 0.29) is 6.16 Å². The summed E-state index contributed by atoms with van der Waals surface area (Å²) < 4.78 is 25.7. The maximum absolute atomic E-state index is 12.8. The summed E-state index contributed by atoms with van der Waals surface area (Å²) in [5, 5.41) is 0. The molecule has 0 aliphatic heterocycles. The van der Waals surface area contributed by atoms with Gasteiger partial charge in [-0.15, -0.1) is 0 Å². The van der Waals surface area contributed by atoms with Crippen LogP contribution < -0.4 is 0 Å². The predicted octanol–water partition coefficient (Wildman–Crippen LogP) is 2.98. The SMILES string of the molecule is CP(C)(F)(F)CC1CC1. The normalized spacial score (nSPS) is 25.1. The molecule has 56 valence electrons. The minimum atomic E-state index is -4.11. The van der Waals surface area contributed by atoms with E-state index in [0.29, 0.717) is 5.92 Å². The standard InChI is InChI=1S/C6H13F2P/c1-9(2,7,8)5-6-3-4-6/h6H,3-5H2,1-2H3. The molecule has 1 saturated carbocycles. The van der Waals surface area contributed by atoms with Crippen LogP contribution in [0.15, 0.2) is 0 Å². The molecule has 1 fully saturated rings. The van der Waals surface area contributed by atoms with E-state index in [2.05, 4.69) is 0 Å². The van der Waals surface area contributed by atoms with Crippen LogP contribution >= 0.6 is 7.22 Å². The molecule has 1 rings (SSSR count). The molecule has 0 spiro atoms. The molecule has 3 heteroatoms. The molecular formula is C6H13F2P. The molecule has 0 aromatic heterocycles. The van der Waals surface area contributed by atoms with E-state index in [1.807, 2.05) is 0 Å². The monoisotopic (exact) mass is 154 g/mol. The molecule has 0 heterocycles. The molecule has 1 aliphatic rings. The van der Waals surface area contributed by atoms with Crippen LogP contribution in [0.1, 0.15) is 12.8 Å². The first-order chi connectivity index (χ1) is 3.83. The van der Waals surface area contributed by atoms with Crippen LogP contribution in [0.4, 0.5) is 8.39 Å². The average molecular weight is 154 g/mol. The van der Waals surface area contributed by atoms with Gasteiger partial charge in [0.2, 0.25) is 0 Å². The van der Waals surface area contributed by atoms with Gasteiger partial charge in [0, 0.05) is 0 Å². The molecule has 0 bridgehead atoms. The van der Waals surface area contributed by atoms with Crippen molar-refractivity contribution in [2.75, 3.05) is 19.5 Å². The number of rotatable bonds is 2. The Morgan fingerprint density at radius 2 is 1.78 bits per heavy atom. The summed E-state index contributed by atoms with van der Waals surface area (Å²) in [4.78, 5) is 0. The molecule has 0 nitrogen and oxygen atoms in total. The fourth-order valence-electron chi connectivity index (χ4n) is 1.01. The van der Waals surface area contributed by atoms with Gasteiger partial charge in [-0.2, -0.15) is 0 Å². The second kappa shape index (κ2) is 1.66. The molecule has 0 aromatic carbocycles. The van der Waals surface area contributed by atoms with Crippen LogP contribution in [0.5, 0.6) is 0 Å². The van der Waals surface area contributed by atoms with E-state index in [4.69, 9.17) is 0 Å². The Balaban J connectivity index is 2.39. The molecule has 0 atom stereocenters. The molecule has 0 aromatic rings. The van der Waals surface area contributed by atoms with Gasteiger partial charge in [0.1, 0.15) is 0 Å².